The summed E-state index contributed by atoms with van der Waals surface area (Å²) in [6, 6.07) is 5.36. The molecule has 10 nitrogen and oxygen atoms in total. The second-order valence-corrected chi connectivity index (χ2v) is 6.75. The predicted molar refractivity (Wildman–Crippen MR) is 92.5 cm³/mol. The molecule has 0 aliphatic heterocycles. The van der Waals surface area contributed by atoms with Crippen molar-refractivity contribution in [3.05, 3.63) is 35.7 Å². The number of methoxy groups -OCH3 is 2. The van der Waals surface area contributed by atoms with E-state index in [2.05, 4.69) is 20.3 Å². The summed E-state index contributed by atoms with van der Waals surface area (Å²) in [6.45, 7) is 1.93. The lowest BCUT2D eigenvalue weighted by Crippen LogP contribution is -2.35. The Hall–Kier alpha value is -2.79. The molecule has 0 spiro atoms. The van der Waals surface area contributed by atoms with Crippen LogP contribution in [0.4, 0.5) is 10.7 Å². The lowest BCUT2D eigenvalue weighted by Gasteiger charge is -2.12. The standard InChI is InChI=1S/C15H19N5O5S/c1-10-16-13(19-15(17-10)25-3)18-14(21)20-26(22,23)12-7-5-4-6-11(12)8-9-24-2/h4-7H,8-9H2,1-3H3,(H2,16,17,18,19,20,21). The summed E-state index contributed by atoms with van der Waals surface area (Å²) in [7, 11) is -1.20. The van der Waals surface area contributed by atoms with Gasteiger partial charge in [0.15, 0.2) is 0 Å². The number of aromatic nitrogens is 3. The molecule has 2 aromatic rings. The molecule has 2 rings (SSSR count). The van der Waals surface area contributed by atoms with Gasteiger partial charge in [-0.1, -0.05) is 18.2 Å². The highest BCUT2D eigenvalue weighted by molar-refractivity contribution is 7.90. The predicted octanol–water partition coefficient (Wildman–Crippen LogP) is 0.888. The molecule has 0 saturated heterocycles. The third kappa shape index (κ3) is 5.10. The number of benzene rings is 1. The number of sulfonamides is 1. The lowest BCUT2D eigenvalue weighted by molar-refractivity contribution is 0.202. The molecule has 0 atom stereocenters. The minimum atomic E-state index is -4.09. The van der Waals surface area contributed by atoms with Gasteiger partial charge >= 0.3 is 12.0 Å². The maximum absolute atomic E-state index is 12.5. The van der Waals surface area contributed by atoms with Gasteiger partial charge in [-0.3, -0.25) is 5.32 Å². The molecule has 0 aliphatic carbocycles. The molecule has 1 heterocycles. The van der Waals surface area contributed by atoms with Crippen LogP contribution in [-0.2, 0) is 21.2 Å². The number of nitrogens with zero attached hydrogens (tertiary/aromatic N) is 3. The van der Waals surface area contributed by atoms with Crippen LogP contribution in [0, 0.1) is 6.92 Å². The molecular weight excluding hydrogens is 362 g/mol. The van der Waals surface area contributed by atoms with Gasteiger partial charge in [-0.25, -0.2) is 17.9 Å². The van der Waals surface area contributed by atoms with Crippen molar-refractivity contribution < 1.29 is 22.7 Å². The number of aryl methyl sites for hydroxylation is 1. The molecule has 0 bridgehead atoms. The first-order valence-electron chi connectivity index (χ1n) is 7.53. The van der Waals surface area contributed by atoms with Crippen molar-refractivity contribution in [3.63, 3.8) is 0 Å². The minimum absolute atomic E-state index is 0.000526. The van der Waals surface area contributed by atoms with Gasteiger partial charge in [0.25, 0.3) is 10.0 Å². The van der Waals surface area contributed by atoms with Crippen molar-refractivity contribution in [2.24, 2.45) is 0 Å². The number of anilines is 1. The van der Waals surface area contributed by atoms with Gasteiger partial charge in [0, 0.05) is 7.11 Å². The van der Waals surface area contributed by atoms with E-state index in [1.807, 2.05) is 4.72 Å². The normalized spacial score (nSPS) is 11.0. The van der Waals surface area contributed by atoms with Crippen LogP contribution in [0.2, 0.25) is 0 Å². The third-order valence-corrected chi connectivity index (χ3v) is 4.63. The highest BCUT2D eigenvalue weighted by Crippen LogP contribution is 2.16. The van der Waals surface area contributed by atoms with Crippen LogP contribution in [0.15, 0.2) is 29.2 Å². The maximum atomic E-state index is 12.5. The van der Waals surface area contributed by atoms with Crippen molar-refractivity contribution in [2.45, 2.75) is 18.2 Å². The first-order valence-corrected chi connectivity index (χ1v) is 9.01. The van der Waals surface area contributed by atoms with E-state index in [0.717, 1.165) is 0 Å². The van der Waals surface area contributed by atoms with Crippen molar-refractivity contribution in [1.29, 1.82) is 0 Å². The van der Waals surface area contributed by atoms with Crippen LogP contribution in [0.3, 0.4) is 0 Å². The van der Waals surface area contributed by atoms with Crippen molar-refractivity contribution in [3.8, 4) is 6.01 Å². The van der Waals surface area contributed by atoms with Gasteiger partial charge in [-0.15, -0.1) is 0 Å². The summed E-state index contributed by atoms with van der Waals surface area (Å²) in [5.74, 6) is 0.176. The van der Waals surface area contributed by atoms with Gasteiger partial charge in [-0.2, -0.15) is 15.0 Å². The molecule has 26 heavy (non-hydrogen) atoms. The summed E-state index contributed by atoms with van der Waals surface area (Å²) in [5, 5.41) is 2.25. The zero-order valence-corrected chi connectivity index (χ0v) is 15.3. The Balaban J connectivity index is 2.17. The monoisotopic (exact) mass is 381 g/mol. The molecule has 140 valence electrons. The van der Waals surface area contributed by atoms with E-state index in [1.54, 1.807) is 25.1 Å². The first kappa shape index (κ1) is 19.5. The molecule has 1 aromatic carbocycles. The van der Waals surface area contributed by atoms with E-state index in [0.29, 0.717) is 24.4 Å². The Morgan fingerprint density at radius 2 is 1.88 bits per heavy atom. The Kier molecular flexibility index (Phi) is 6.41. The number of hydrogen-bond acceptors (Lipinski definition) is 8. The Morgan fingerprint density at radius 3 is 2.58 bits per heavy atom. The molecule has 11 heteroatoms. The summed E-state index contributed by atoms with van der Waals surface area (Å²) >= 11 is 0. The summed E-state index contributed by atoms with van der Waals surface area (Å²) in [5.41, 5.74) is 0.535. The van der Waals surface area contributed by atoms with Crippen LogP contribution >= 0.6 is 0 Å². The van der Waals surface area contributed by atoms with Crippen LogP contribution in [0.25, 0.3) is 0 Å². The van der Waals surface area contributed by atoms with Crippen molar-refractivity contribution in [2.75, 3.05) is 26.1 Å². The van der Waals surface area contributed by atoms with Gasteiger partial charge in [0.2, 0.25) is 5.95 Å². The number of rotatable bonds is 7. The number of hydrogen-bond donors (Lipinski definition) is 2. The zero-order valence-electron chi connectivity index (χ0n) is 14.5. The van der Waals surface area contributed by atoms with E-state index in [9.17, 15) is 13.2 Å². The Morgan fingerprint density at radius 1 is 1.15 bits per heavy atom. The van der Waals surface area contributed by atoms with Crippen LogP contribution < -0.4 is 14.8 Å². The number of ether oxygens (including phenoxy) is 2. The lowest BCUT2D eigenvalue weighted by atomic mass is 10.2. The molecule has 2 N–H and O–H groups in total. The van der Waals surface area contributed by atoms with Crippen molar-refractivity contribution in [1.82, 2.24) is 19.7 Å². The smallest absolute Gasteiger partial charge is 0.335 e. The second kappa shape index (κ2) is 8.54. The van der Waals surface area contributed by atoms with Gasteiger partial charge in [0.05, 0.1) is 18.6 Å². The van der Waals surface area contributed by atoms with Crippen LogP contribution in [0.5, 0.6) is 6.01 Å². The van der Waals surface area contributed by atoms with Crippen molar-refractivity contribution >= 4 is 22.0 Å². The molecule has 0 aliphatic rings. The van der Waals surface area contributed by atoms with E-state index in [-0.39, 0.29) is 16.9 Å². The summed E-state index contributed by atoms with van der Waals surface area (Å²) in [4.78, 5) is 23.7. The largest absolute Gasteiger partial charge is 0.467 e. The number of urea groups is 1. The van der Waals surface area contributed by atoms with Gasteiger partial charge in [-0.05, 0) is 25.0 Å². The van der Waals surface area contributed by atoms with E-state index in [1.165, 1.54) is 20.3 Å². The zero-order chi connectivity index (χ0) is 19.2. The summed E-state index contributed by atoms with van der Waals surface area (Å²) < 4.78 is 36.8. The van der Waals surface area contributed by atoms with E-state index >= 15 is 0 Å². The Labute approximate surface area is 151 Å². The first-order chi connectivity index (χ1) is 12.4. The quantitative estimate of drug-likeness (QED) is 0.722. The number of nitrogens with one attached hydrogen (secondary N) is 2. The minimum Gasteiger partial charge on any atom is -0.467 e. The van der Waals surface area contributed by atoms with Crippen LogP contribution in [-0.4, -0.2) is 50.2 Å². The molecule has 0 radical (unpaired) electrons. The molecule has 0 unspecified atom stereocenters. The fourth-order valence-corrected chi connectivity index (χ4v) is 3.27. The average Bonchev–Trinajstić information content (AvgIpc) is 2.59. The SMILES string of the molecule is COCCc1ccccc1S(=O)(=O)NC(=O)Nc1nc(C)nc(OC)n1. The van der Waals surface area contributed by atoms with Gasteiger partial charge < -0.3 is 9.47 Å². The molecule has 1 aromatic heterocycles. The highest BCUT2D eigenvalue weighted by atomic mass is 32.2. The number of carbonyl (C=O) groups excluding carboxylic acids is 1. The van der Waals surface area contributed by atoms with Gasteiger partial charge in [0.1, 0.15) is 5.82 Å². The number of amides is 2. The third-order valence-electron chi connectivity index (χ3n) is 3.20. The fourth-order valence-electron chi connectivity index (χ4n) is 2.09. The molecule has 0 saturated carbocycles. The Bertz CT molecular complexity index is 888. The van der Waals surface area contributed by atoms with E-state index in [4.69, 9.17) is 9.47 Å². The number of carbonyl (C=O) groups is 1. The van der Waals surface area contributed by atoms with Crippen LogP contribution in [0.1, 0.15) is 11.4 Å². The molecule has 2 amide bonds. The highest BCUT2D eigenvalue weighted by Gasteiger charge is 2.21. The maximum Gasteiger partial charge on any atom is 0.335 e. The fraction of sp³-hybridized carbons (Fsp3) is 0.333. The second-order valence-electron chi connectivity index (χ2n) is 5.10. The average molecular weight is 381 g/mol. The topological polar surface area (TPSA) is 132 Å². The summed E-state index contributed by atoms with van der Waals surface area (Å²) in [6.07, 6.45) is 0.388. The molecule has 0 fully saturated rings. The molecular formula is C15H19N5O5S. The van der Waals surface area contributed by atoms with E-state index < -0.39 is 16.1 Å².